The molecule has 4 aromatic rings. The highest BCUT2D eigenvalue weighted by molar-refractivity contribution is 6.31. The van der Waals surface area contributed by atoms with E-state index in [1.807, 2.05) is 20.0 Å². The van der Waals surface area contributed by atoms with Gasteiger partial charge in [0.25, 0.3) is 5.91 Å². The standard InChI is InChI=1S/C27H27ClFN7O/c1-3-15-7-16(11-30)24(21-12-31-25-20(21)8-17(28)9-22(25)29)35-26(15)33-18-5-4-6-19(10-18)34-27(37)23-13-36(2)14-32-23/h7-9,12-14,18-19,31H,3-6,10H2,1-2H3,(H,33,35)(H,34,37)/t18-,19+/m1/s1. The Kier molecular flexibility index (Phi) is 6.85. The zero-order chi connectivity index (χ0) is 26.1. The van der Waals surface area contributed by atoms with Gasteiger partial charge in [0.05, 0.1) is 23.1 Å². The number of fused-ring (bicyclic) bond motifs is 1. The molecule has 1 amide bonds. The number of carbonyl (C=O) groups excluding carboxylic acids is 1. The van der Waals surface area contributed by atoms with Gasteiger partial charge in [-0.3, -0.25) is 4.79 Å². The predicted octanol–water partition coefficient (Wildman–Crippen LogP) is 5.34. The Hall–Kier alpha value is -3.90. The third-order valence-electron chi connectivity index (χ3n) is 6.85. The average Bonchev–Trinajstić information content (AvgIpc) is 3.50. The van der Waals surface area contributed by atoms with Crippen LogP contribution in [0, 0.1) is 17.1 Å². The van der Waals surface area contributed by atoms with Gasteiger partial charge in [-0.05, 0) is 55.9 Å². The minimum atomic E-state index is -0.461. The number of aryl methyl sites for hydroxylation is 2. The number of hydrogen-bond acceptors (Lipinski definition) is 5. The van der Waals surface area contributed by atoms with E-state index in [0.29, 0.717) is 45.7 Å². The monoisotopic (exact) mass is 519 g/mol. The second kappa shape index (κ2) is 10.2. The molecule has 0 unspecified atom stereocenters. The molecule has 8 nitrogen and oxygen atoms in total. The van der Waals surface area contributed by atoms with Gasteiger partial charge in [0.1, 0.15) is 23.4 Å². The summed E-state index contributed by atoms with van der Waals surface area (Å²) in [6.45, 7) is 2.01. The van der Waals surface area contributed by atoms with E-state index in [1.54, 1.807) is 29.4 Å². The fourth-order valence-electron chi connectivity index (χ4n) is 5.03. The molecule has 1 aliphatic carbocycles. The van der Waals surface area contributed by atoms with Crippen LogP contribution in [-0.4, -0.2) is 37.5 Å². The molecule has 3 aromatic heterocycles. The van der Waals surface area contributed by atoms with Crippen molar-refractivity contribution in [3.8, 4) is 17.3 Å². The molecular weight excluding hydrogens is 493 g/mol. The van der Waals surface area contributed by atoms with Crippen LogP contribution in [0.1, 0.15) is 54.2 Å². The first-order chi connectivity index (χ1) is 17.9. The van der Waals surface area contributed by atoms with Gasteiger partial charge in [-0.15, -0.1) is 0 Å². The Balaban J connectivity index is 1.42. The van der Waals surface area contributed by atoms with Gasteiger partial charge >= 0.3 is 0 Å². The van der Waals surface area contributed by atoms with Crippen molar-refractivity contribution < 1.29 is 9.18 Å². The number of rotatable bonds is 6. The summed E-state index contributed by atoms with van der Waals surface area (Å²) in [7, 11) is 1.83. The third kappa shape index (κ3) is 5.02. The molecule has 1 aromatic carbocycles. The van der Waals surface area contributed by atoms with Crippen LogP contribution in [0.15, 0.2) is 36.9 Å². The molecule has 3 N–H and O–H groups in total. The van der Waals surface area contributed by atoms with Crippen molar-refractivity contribution in [1.82, 2.24) is 24.8 Å². The minimum absolute atomic E-state index is 0.0161. The number of benzene rings is 1. The van der Waals surface area contributed by atoms with Gasteiger partial charge in [0.15, 0.2) is 0 Å². The van der Waals surface area contributed by atoms with E-state index in [4.69, 9.17) is 16.6 Å². The molecule has 1 saturated carbocycles. The molecule has 37 heavy (non-hydrogen) atoms. The lowest BCUT2D eigenvalue weighted by molar-refractivity contribution is 0.0921. The summed E-state index contributed by atoms with van der Waals surface area (Å²) in [5.74, 6) is 0.0522. The van der Waals surface area contributed by atoms with E-state index in [0.717, 1.165) is 31.2 Å². The van der Waals surface area contributed by atoms with Crippen LogP contribution in [0.3, 0.4) is 0 Å². The van der Waals surface area contributed by atoms with Gasteiger partial charge in [-0.1, -0.05) is 18.5 Å². The number of H-pyrrole nitrogens is 1. The maximum atomic E-state index is 14.5. The first kappa shape index (κ1) is 24.8. The van der Waals surface area contributed by atoms with Crippen LogP contribution in [0.5, 0.6) is 0 Å². The maximum Gasteiger partial charge on any atom is 0.271 e. The van der Waals surface area contributed by atoms with Crippen molar-refractivity contribution in [1.29, 1.82) is 5.26 Å². The fourth-order valence-corrected chi connectivity index (χ4v) is 5.23. The van der Waals surface area contributed by atoms with Crippen molar-refractivity contribution in [3.05, 3.63) is 64.6 Å². The van der Waals surface area contributed by atoms with Crippen LogP contribution < -0.4 is 10.6 Å². The molecule has 1 aliphatic rings. The molecule has 0 bridgehead atoms. The SMILES string of the molecule is CCc1cc(C#N)c(-c2c[nH]c3c(F)cc(Cl)cc23)nc1N[C@@H]1CCC[C@H](NC(=O)c2cn(C)cn2)C1. The number of nitriles is 1. The van der Waals surface area contributed by atoms with Gasteiger partial charge < -0.3 is 20.2 Å². The van der Waals surface area contributed by atoms with Gasteiger partial charge in [-0.2, -0.15) is 5.26 Å². The van der Waals surface area contributed by atoms with E-state index in [2.05, 4.69) is 26.7 Å². The molecule has 10 heteroatoms. The number of carbonyl (C=O) groups is 1. The molecule has 0 saturated heterocycles. The van der Waals surface area contributed by atoms with Crippen molar-refractivity contribution in [3.63, 3.8) is 0 Å². The topological polar surface area (TPSA) is 111 Å². The lowest BCUT2D eigenvalue weighted by atomic mass is 9.90. The molecule has 190 valence electrons. The van der Waals surface area contributed by atoms with Crippen molar-refractivity contribution in [2.75, 3.05) is 5.32 Å². The Bertz CT molecular complexity index is 1520. The molecule has 2 atom stereocenters. The number of pyridine rings is 1. The largest absolute Gasteiger partial charge is 0.367 e. The Morgan fingerprint density at radius 2 is 2.14 bits per heavy atom. The highest BCUT2D eigenvalue weighted by Gasteiger charge is 2.26. The van der Waals surface area contributed by atoms with E-state index in [-0.39, 0.29) is 23.0 Å². The minimum Gasteiger partial charge on any atom is -0.367 e. The highest BCUT2D eigenvalue weighted by atomic mass is 35.5. The predicted molar refractivity (Wildman–Crippen MR) is 141 cm³/mol. The number of imidazole rings is 1. The van der Waals surface area contributed by atoms with Crippen molar-refractivity contribution in [2.24, 2.45) is 7.05 Å². The Labute approximate surface area is 218 Å². The van der Waals surface area contributed by atoms with Crippen LogP contribution >= 0.6 is 11.6 Å². The molecule has 0 radical (unpaired) electrons. The first-order valence-corrected chi connectivity index (χ1v) is 12.7. The van der Waals surface area contributed by atoms with Crippen LogP contribution in [0.4, 0.5) is 10.2 Å². The molecule has 5 rings (SSSR count). The molecule has 0 aliphatic heterocycles. The number of aromatic nitrogens is 4. The summed E-state index contributed by atoms with van der Waals surface area (Å²) >= 11 is 6.12. The van der Waals surface area contributed by atoms with E-state index in [1.165, 1.54) is 6.07 Å². The summed E-state index contributed by atoms with van der Waals surface area (Å²) in [4.78, 5) is 24.6. The summed E-state index contributed by atoms with van der Waals surface area (Å²) in [6, 6.07) is 7.12. The van der Waals surface area contributed by atoms with Gasteiger partial charge in [-0.25, -0.2) is 14.4 Å². The van der Waals surface area contributed by atoms with Crippen molar-refractivity contribution in [2.45, 2.75) is 51.1 Å². The lowest BCUT2D eigenvalue weighted by Gasteiger charge is -2.31. The quantitative estimate of drug-likeness (QED) is 0.318. The van der Waals surface area contributed by atoms with Crippen LogP contribution in [-0.2, 0) is 13.5 Å². The van der Waals surface area contributed by atoms with E-state index < -0.39 is 5.82 Å². The highest BCUT2D eigenvalue weighted by Crippen LogP contribution is 2.35. The number of anilines is 1. The zero-order valence-corrected chi connectivity index (χ0v) is 21.4. The number of nitrogens with one attached hydrogen (secondary N) is 3. The van der Waals surface area contributed by atoms with E-state index >= 15 is 0 Å². The normalized spacial score (nSPS) is 17.5. The summed E-state index contributed by atoms with van der Waals surface area (Å²) in [5.41, 5.74) is 3.13. The van der Waals surface area contributed by atoms with Crippen LogP contribution in [0.25, 0.3) is 22.2 Å². The number of hydrogen-bond donors (Lipinski definition) is 3. The van der Waals surface area contributed by atoms with E-state index in [9.17, 15) is 14.4 Å². The fraction of sp³-hybridized carbons (Fsp3) is 0.333. The maximum absolute atomic E-state index is 14.5. The molecule has 1 fully saturated rings. The van der Waals surface area contributed by atoms with Crippen molar-refractivity contribution >= 4 is 34.2 Å². The zero-order valence-electron chi connectivity index (χ0n) is 20.6. The number of halogens is 2. The second-order valence-electron chi connectivity index (χ2n) is 9.47. The second-order valence-corrected chi connectivity index (χ2v) is 9.91. The van der Waals surface area contributed by atoms with Gasteiger partial charge in [0, 0.05) is 47.5 Å². The Morgan fingerprint density at radius 1 is 1.32 bits per heavy atom. The van der Waals surface area contributed by atoms with Crippen LogP contribution in [0.2, 0.25) is 5.02 Å². The molecule has 0 spiro atoms. The molecule has 3 heterocycles. The smallest absolute Gasteiger partial charge is 0.271 e. The summed E-state index contributed by atoms with van der Waals surface area (Å²) < 4.78 is 16.2. The summed E-state index contributed by atoms with van der Waals surface area (Å²) in [5, 5.41) is 17.4. The first-order valence-electron chi connectivity index (χ1n) is 12.3. The number of aromatic amines is 1. The third-order valence-corrected chi connectivity index (χ3v) is 7.07. The Morgan fingerprint density at radius 3 is 2.86 bits per heavy atom. The summed E-state index contributed by atoms with van der Waals surface area (Å²) in [6.07, 6.45) is 9.18. The lowest BCUT2D eigenvalue weighted by Crippen LogP contribution is -2.42. The van der Waals surface area contributed by atoms with Gasteiger partial charge in [0.2, 0.25) is 0 Å². The average molecular weight is 520 g/mol. The number of nitrogens with zero attached hydrogens (tertiary/aromatic N) is 4. The number of amides is 1. The molecular formula is C27H27ClFN7O.